The zero-order valence-corrected chi connectivity index (χ0v) is 16.7. The summed E-state index contributed by atoms with van der Waals surface area (Å²) in [7, 11) is 0. The van der Waals surface area contributed by atoms with Gasteiger partial charge in [-0.1, -0.05) is 31.9 Å². The van der Waals surface area contributed by atoms with Crippen LogP contribution in [0, 0.1) is 22.7 Å². The lowest BCUT2D eigenvalue weighted by molar-refractivity contribution is -0.127. The fraction of sp³-hybridized carbons (Fsp3) is 0.909. The molecule has 1 spiro atoms. The van der Waals surface area contributed by atoms with Gasteiger partial charge in [-0.2, -0.15) is 0 Å². The molecule has 10 atom stereocenters. The molecule has 0 aromatic carbocycles. The fourth-order valence-corrected chi connectivity index (χ4v) is 8.23. The SMILES string of the molecule is C[C@@]1(CO)CCC[C@]2(C)[C@H]3C[C@@]45O[C@@H]4[C@H](O)[C@]4(CO)O[C@@H]4[C@]5(O)CC3=CC[C@@H]12. The summed E-state index contributed by atoms with van der Waals surface area (Å²) in [5.41, 5.74) is -1.74. The van der Waals surface area contributed by atoms with E-state index in [0.29, 0.717) is 18.8 Å². The van der Waals surface area contributed by atoms with Crippen molar-refractivity contribution in [2.45, 2.75) is 87.5 Å². The molecule has 0 radical (unpaired) electrons. The number of epoxide rings is 2. The highest BCUT2D eigenvalue weighted by Crippen LogP contribution is 2.73. The van der Waals surface area contributed by atoms with Crippen LogP contribution in [0.15, 0.2) is 11.6 Å². The number of rotatable bonds is 2. The molecule has 156 valence electrons. The molecule has 0 aromatic rings. The van der Waals surface area contributed by atoms with E-state index >= 15 is 0 Å². The van der Waals surface area contributed by atoms with Crippen LogP contribution in [0.5, 0.6) is 0 Å². The highest BCUT2D eigenvalue weighted by molar-refractivity contribution is 5.42. The lowest BCUT2D eigenvalue weighted by Gasteiger charge is -2.60. The van der Waals surface area contributed by atoms with E-state index in [4.69, 9.17) is 9.47 Å². The van der Waals surface area contributed by atoms with Crippen molar-refractivity contribution in [1.29, 1.82) is 0 Å². The molecule has 6 heteroatoms. The Hall–Kier alpha value is -0.500. The number of hydrogen-bond donors (Lipinski definition) is 4. The molecule has 5 fully saturated rings. The molecule has 6 aliphatic rings. The zero-order valence-electron chi connectivity index (χ0n) is 16.7. The van der Waals surface area contributed by atoms with Gasteiger partial charge in [0.1, 0.15) is 35.1 Å². The zero-order chi connectivity index (χ0) is 19.7. The Morgan fingerprint density at radius 1 is 1.14 bits per heavy atom. The average molecular weight is 392 g/mol. The maximum atomic E-state index is 11.7. The quantitative estimate of drug-likeness (QED) is 0.411. The number of aliphatic hydroxyl groups is 4. The fourth-order valence-electron chi connectivity index (χ4n) is 8.23. The molecule has 2 aliphatic heterocycles. The Kier molecular flexibility index (Phi) is 3.29. The third-order valence-corrected chi connectivity index (χ3v) is 9.97. The summed E-state index contributed by atoms with van der Waals surface area (Å²) in [5.74, 6) is 0.699. The van der Waals surface area contributed by atoms with Crippen LogP contribution in [-0.4, -0.2) is 68.8 Å². The monoisotopic (exact) mass is 392 g/mol. The number of fused-ring (bicyclic) bond motifs is 5. The molecule has 4 aliphatic carbocycles. The van der Waals surface area contributed by atoms with Gasteiger partial charge < -0.3 is 29.9 Å². The summed E-state index contributed by atoms with van der Waals surface area (Å²) in [6.45, 7) is 4.50. The van der Waals surface area contributed by atoms with E-state index in [9.17, 15) is 20.4 Å². The molecule has 2 saturated heterocycles. The molecule has 3 saturated carbocycles. The number of aliphatic hydroxyl groups excluding tert-OH is 3. The van der Waals surface area contributed by atoms with Crippen LogP contribution in [-0.2, 0) is 9.47 Å². The molecule has 0 unspecified atom stereocenters. The van der Waals surface area contributed by atoms with Gasteiger partial charge >= 0.3 is 0 Å². The van der Waals surface area contributed by atoms with Gasteiger partial charge in [-0.05, 0) is 48.3 Å². The Labute approximate surface area is 165 Å². The van der Waals surface area contributed by atoms with E-state index in [1.54, 1.807) is 0 Å². The van der Waals surface area contributed by atoms with Crippen molar-refractivity contribution in [3.05, 3.63) is 11.6 Å². The van der Waals surface area contributed by atoms with Gasteiger partial charge in [0.05, 0.1) is 6.61 Å². The summed E-state index contributed by atoms with van der Waals surface area (Å²) in [6, 6.07) is 0. The van der Waals surface area contributed by atoms with Gasteiger partial charge in [0.15, 0.2) is 0 Å². The Bertz CT molecular complexity index is 768. The van der Waals surface area contributed by atoms with Gasteiger partial charge in [0.25, 0.3) is 0 Å². The summed E-state index contributed by atoms with van der Waals surface area (Å²) >= 11 is 0. The first-order valence-electron chi connectivity index (χ1n) is 10.9. The van der Waals surface area contributed by atoms with E-state index in [2.05, 4.69) is 19.9 Å². The van der Waals surface area contributed by atoms with Crippen LogP contribution < -0.4 is 0 Å². The predicted molar refractivity (Wildman–Crippen MR) is 99.3 cm³/mol. The molecule has 2 heterocycles. The summed E-state index contributed by atoms with van der Waals surface area (Å²) in [6.07, 6.45) is 5.77. The average Bonchev–Trinajstić information content (AvgIpc) is 3.56. The Balaban J connectivity index is 1.41. The van der Waals surface area contributed by atoms with Crippen LogP contribution in [0.25, 0.3) is 0 Å². The molecule has 0 amide bonds. The van der Waals surface area contributed by atoms with Crippen LogP contribution in [0.3, 0.4) is 0 Å². The predicted octanol–water partition coefficient (Wildman–Crippen LogP) is 0.905. The van der Waals surface area contributed by atoms with E-state index in [1.807, 2.05) is 0 Å². The third kappa shape index (κ3) is 1.75. The van der Waals surface area contributed by atoms with E-state index in [0.717, 1.165) is 25.7 Å². The van der Waals surface area contributed by atoms with Gasteiger partial charge in [0, 0.05) is 13.0 Å². The molecule has 0 aromatic heterocycles. The van der Waals surface area contributed by atoms with Crippen LogP contribution >= 0.6 is 0 Å². The van der Waals surface area contributed by atoms with E-state index in [-0.39, 0.29) is 30.0 Å². The summed E-state index contributed by atoms with van der Waals surface area (Å²) in [4.78, 5) is 0. The molecular formula is C22H32O6. The van der Waals surface area contributed by atoms with Crippen molar-refractivity contribution in [3.63, 3.8) is 0 Å². The maximum Gasteiger partial charge on any atom is 0.149 e. The molecular weight excluding hydrogens is 360 g/mol. The van der Waals surface area contributed by atoms with Crippen molar-refractivity contribution in [2.24, 2.45) is 22.7 Å². The molecule has 6 nitrogen and oxygen atoms in total. The van der Waals surface area contributed by atoms with Crippen LogP contribution in [0.4, 0.5) is 0 Å². The van der Waals surface area contributed by atoms with Crippen molar-refractivity contribution < 1.29 is 29.9 Å². The summed E-state index contributed by atoms with van der Waals surface area (Å²) < 4.78 is 11.9. The van der Waals surface area contributed by atoms with Crippen molar-refractivity contribution in [3.8, 4) is 0 Å². The number of hydrogen-bond acceptors (Lipinski definition) is 6. The van der Waals surface area contributed by atoms with Gasteiger partial charge in [-0.15, -0.1) is 0 Å². The van der Waals surface area contributed by atoms with Crippen molar-refractivity contribution >= 4 is 0 Å². The molecule has 28 heavy (non-hydrogen) atoms. The van der Waals surface area contributed by atoms with Gasteiger partial charge in [-0.3, -0.25) is 0 Å². The van der Waals surface area contributed by atoms with E-state index < -0.39 is 35.1 Å². The van der Waals surface area contributed by atoms with Crippen molar-refractivity contribution in [2.75, 3.05) is 13.2 Å². The smallest absolute Gasteiger partial charge is 0.149 e. The minimum atomic E-state index is -1.18. The van der Waals surface area contributed by atoms with E-state index in [1.165, 1.54) is 5.57 Å². The second kappa shape index (κ2) is 5.04. The standard InChI is InChI=1S/C22H32O6/c1-18(10-23)6-3-7-19(2)13-9-22-16(27-22)15(25)20(11-24)17(28-20)21(22,26)8-12(13)4-5-14(18)19/h4,13-17,23-26H,3,5-11H2,1-2H3/t13-,14-,15-,16+,17-,18-,19+,20-,21+,22+/m0/s1. The lowest BCUT2D eigenvalue weighted by Crippen LogP contribution is -2.66. The molecule has 6 rings (SSSR count). The number of ether oxygens (including phenoxy) is 2. The minimum absolute atomic E-state index is 0.0628. The highest BCUT2D eigenvalue weighted by atomic mass is 16.7. The molecule has 4 N–H and O–H groups in total. The Morgan fingerprint density at radius 3 is 2.64 bits per heavy atom. The normalized spacial score (nSPS) is 63.8. The minimum Gasteiger partial charge on any atom is -0.396 e. The first-order chi connectivity index (χ1) is 13.2. The van der Waals surface area contributed by atoms with Gasteiger partial charge in [0.2, 0.25) is 0 Å². The molecule has 0 bridgehead atoms. The topological polar surface area (TPSA) is 106 Å². The third-order valence-electron chi connectivity index (χ3n) is 9.97. The Morgan fingerprint density at radius 2 is 1.93 bits per heavy atom. The van der Waals surface area contributed by atoms with Crippen LogP contribution in [0.1, 0.15) is 52.4 Å². The van der Waals surface area contributed by atoms with Crippen molar-refractivity contribution in [1.82, 2.24) is 0 Å². The lowest BCUT2D eigenvalue weighted by atomic mass is 9.44. The maximum absolute atomic E-state index is 11.7. The largest absolute Gasteiger partial charge is 0.396 e. The summed E-state index contributed by atoms with van der Waals surface area (Å²) in [5, 5.41) is 42.5. The first-order valence-corrected chi connectivity index (χ1v) is 10.9. The second-order valence-corrected chi connectivity index (χ2v) is 11.1. The second-order valence-electron chi connectivity index (χ2n) is 11.1. The highest BCUT2D eigenvalue weighted by Gasteiger charge is 2.90. The number of allylic oxidation sites excluding steroid dienone is 1. The first kappa shape index (κ1) is 18.3. The van der Waals surface area contributed by atoms with Crippen LogP contribution in [0.2, 0.25) is 0 Å². The van der Waals surface area contributed by atoms with Gasteiger partial charge in [-0.25, -0.2) is 0 Å².